The first-order chi connectivity index (χ1) is 26.2. The molecule has 11 rings (SSSR count). The fourth-order valence-corrected chi connectivity index (χ4v) is 9.28. The van der Waals surface area contributed by atoms with Gasteiger partial charge in [-0.15, -0.1) is 22.7 Å². The number of hydrogen-bond donors (Lipinski definition) is 0. The quantitative estimate of drug-likeness (QED) is 0.178. The summed E-state index contributed by atoms with van der Waals surface area (Å²) < 4.78 is 9.86. The Bertz CT molecular complexity index is 3150. The van der Waals surface area contributed by atoms with Crippen molar-refractivity contribution in [3.63, 3.8) is 0 Å². The second kappa shape index (κ2) is 12.0. The minimum Gasteiger partial charge on any atom is -0.456 e. The molecule has 5 nitrogen and oxygen atoms in total. The molecule has 0 unspecified atom stereocenters. The average molecular weight is 715 g/mol. The molecule has 7 heteroatoms. The van der Waals surface area contributed by atoms with Crippen LogP contribution in [-0.4, -0.2) is 19.9 Å². The first-order valence-corrected chi connectivity index (χ1v) is 19.0. The van der Waals surface area contributed by atoms with Gasteiger partial charge in [0.25, 0.3) is 0 Å². The second-order valence-electron chi connectivity index (χ2n) is 13.0. The Balaban J connectivity index is 1.05. The molecule has 0 amide bonds. The minimum absolute atomic E-state index is 0.599. The maximum atomic E-state index is 6.26. The molecule has 0 spiro atoms. The Labute approximate surface area is 311 Å². The molecule has 53 heavy (non-hydrogen) atoms. The fraction of sp³-hybridized carbons (Fsp3) is 0. The van der Waals surface area contributed by atoms with Crippen LogP contribution in [0, 0.1) is 0 Å². The van der Waals surface area contributed by atoms with E-state index in [2.05, 4.69) is 97.1 Å². The minimum atomic E-state index is 0.599. The summed E-state index contributed by atoms with van der Waals surface area (Å²) in [6.07, 6.45) is 0. The molecule has 0 fully saturated rings. The van der Waals surface area contributed by atoms with Gasteiger partial charge in [0.1, 0.15) is 16.2 Å². The summed E-state index contributed by atoms with van der Waals surface area (Å²) in [4.78, 5) is 20.2. The Hall–Kier alpha value is -6.54. The van der Waals surface area contributed by atoms with Crippen molar-refractivity contribution in [1.82, 2.24) is 19.9 Å². The highest BCUT2D eigenvalue weighted by Gasteiger charge is 2.18. The largest absolute Gasteiger partial charge is 0.456 e. The van der Waals surface area contributed by atoms with Crippen LogP contribution in [0.3, 0.4) is 0 Å². The maximum Gasteiger partial charge on any atom is 0.164 e. The molecule has 0 aliphatic heterocycles. The van der Waals surface area contributed by atoms with E-state index in [9.17, 15) is 0 Å². The molecule has 0 saturated heterocycles. The standard InChI is InChI=1S/C46H26N4OS2/c1-2-9-28(10-3-1)43-48-44(31-21-23-33-32-11-4-6-14-37(32)51-38(33)26-31)50-45(49-43)34-12-8-16-41-42(34)35-25-30(22-24-39(35)52-41)27-17-19-29(20-18-27)46-47-36-13-5-7-15-40(36)53-46/h1-26H. The van der Waals surface area contributed by atoms with Crippen LogP contribution in [0.25, 0.3) is 108 Å². The third kappa shape index (κ3) is 5.12. The Morgan fingerprint density at radius 1 is 0.377 bits per heavy atom. The highest BCUT2D eigenvalue weighted by atomic mass is 32.1. The number of aromatic nitrogens is 4. The second-order valence-corrected chi connectivity index (χ2v) is 15.2. The number of hydrogen-bond acceptors (Lipinski definition) is 7. The highest BCUT2D eigenvalue weighted by molar-refractivity contribution is 7.26. The van der Waals surface area contributed by atoms with Crippen molar-refractivity contribution in [3.05, 3.63) is 158 Å². The zero-order chi connectivity index (χ0) is 34.9. The summed E-state index contributed by atoms with van der Waals surface area (Å²) in [5.41, 5.74) is 8.92. The molecule has 0 N–H and O–H groups in total. The lowest BCUT2D eigenvalue weighted by molar-refractivity contribution is 0.669. The van der Waals surface area contributed by atoms with Crippen LogP contribution in [0.15, 0.2) is 162 Å². The molecule has 0 saturated carbocycles. The number of para-hydroxylation sites is 2. The summed E-state index contributed by atoms with van der Waals surface area (Å²) in [7, 11) is 0. The summed E-state index contributed by atoms with van der Waals surface area (Å²) in [5.74, 6) is 1.86. The molecule has 7 aromatic carbocycles. The Kier molecular flexibility index (Phi) is 6.83. The predicted octanol–water partition coefficient (Wildman–Crippen LogP) is 13.1. The number of fused-ring (bicyclic) bond motifs is 7. The average Bonchev–Trinajstić information content (AvgIpc) is 3.94. The van der Waals surface area contributed by atoms with Crippen molar-refractivity contribution < 1.29 is 4.42 Å². The van der Waals surface area contributed by atoms with Crippen molar-refractivity contribution >= 4 is 75.0 Å². The van der Waals surface area contributed by atoms with Crippen LogP contribution in [0.1, 0.15) is 0 Å². The first-order valence-electron chi connectivity index (χ1n) is 17.4. The van der Waals surface area contributed by atoms with Gasteiger partial charge in [0.15, 0.2) is 17.5 Å². The van der Waals surface area contributed by atoms with E-state index in [1.165, 1.54) is 19.5 Å². The van der Waals surface area contributed by atoms with Crippen LogP contribution in [0.5, 0.6) is 0 Å². The smallest absolute Gasteiger partial charge is 0.164 e. The SMILES string of the molecule is c1ccc(-c2nc(-c3ccc4c(c3)oc3ccccc34)nc(-c3cccc4sc5ccc(-c6ccc(-c7nc8ccccc8s7)cc6)cc5c34)n2)cc1. The lowest BCUT2D eigenvalue weighted by atomic mass is 10.00. The number of thiophene rings is 1. The van der Waals surface area contributed by atoms with E-state index in [1.54, 1.807) is 22.7 Å². The zero-order valence-corrected chi connectivity index (χ0v) is 29.7. The maximum absolute atomic E-state index is 6.26. The number of thiazole rings is 1. The topological polar surface area (TPSA) is 64.7 Å². The predicted molar refractivity (Wildman–Crippen MR) is 220 cm³/mol. The van der Waals surface area contributed by atoms with Gasteiger partial charge in [-0.1, -0.05) is 109 Å². The molecule has 248 valence electrons. The molecule has 0 radical (unpaired) electrons. The molecule has 0 atom stereocenters. The van der Waals surface area contributed by atoms with Gasteiger partial charge in [0, 0.05) is 53.2 Å². The number of furan rings is 1. The Morgan fingerprint density at radius 3 is 1.96 bits per heavy atom. The highest BCUT2D eigenvalue weighted by Crippen LogP contribution is 2.42. The van der Waals surface area contributed by atoms with E-state index in [4.69, 9.17) is 24.4 Å². The number of nitrogens with zero attached hydrogens (tertiary/aromatic N) is 4. The summed E-state index contributed by atoms with van der Waals surface area (Å²) in [6.45, 7) is 0. The fourth-order valence-electron chi connectivity index (χ4n) is 7.20. The van der Waals surface area contributed by atoms with Crippen molar-refractivity contribution in [2.75, 3.05) is 0 Å². The van der Waals surface area contributed by atoms with Crippen LogP contribution in [0.4, 0.5) is 0 Å². The third-order valence-corrected chi connectivity index (χ3v) is 12.0. The molecule has 4 aromatic heterocycles. The van der Waals surface area contributed by atoms with Crippen molar-refractivity contribution in [1.29, 1.82) is 0 Å². The molecule has 0 aliphatic carbocycles. The first kappa shape index (κ1) is 30.1. The third-order valence-electron chi connectivity index (χ3n) is 9.80. The van der Waals surface area contributed by atoms with Gasteiger partial charge in [0.05, 0.1) is 10.2 Å². The van der Waals surface area contributed by atoms with E-state index >= 15 is 0 Å². The van der Waals surface area contributed by atoms with Gasteiger partial charge >= 0.3 is 0 Å². The zero-order valence-electron chi connectivity index (χ0n) is 28.0. The molecule has 0 bridgehead atoms. The summed E-state index contributed by atoms with van der Waals surface area (Å²) in [6, 6.07) is 54.7. The van der Waals surface area contributed by atoms with Gasteiger partial charge < -0.3 is 4.42 Å². The van der Waals surface area contributed by atoms with Gasteiger partial charge in [-0.05, 0) is 59.7 Å². The van der Waals surface area contributed by atoms with E-state index in [0.717, 1.165) is 71.2 Å². The van der Waals surface area contributed by atoms with Crippen molar-refractivity contribution in [2.24, 2.45) is 0 Å². The van der Waals surface area contributed by atoms with Crippen LogP contribution in [-0.2, 0) is 0 Å². The van der Waals surface area contributed by atoms with Gasteiger partial charge in [-0.3, -0.25) is 0 Å². The lowest BCUT2D eigenvalue weighted by Crippen LogP contribution is -2.00. The van der Waals surface area contributed by atoms with Crippen LogP contribution in [0.2, 0.25) is 0 Å². The lowest BCUT2D eigenvalue weighted by Gasteiger charge is -2.10. The van der Waals surface area contributed by atoms with Crippen LogP contribution >= 0.6 is 22.7 Å². The molecule has 0 aliphatic rings. The molecular weight excluding hydrogens is 689 g/mol. The van der Waals surface area contributed by atoms with E-state index in [-0.39, 0.29) is 0 Å². The van der Waals surface area contributed by atoms with Gasteiger partial charge in [-0.25, -0.2) is 19.9 Å². The Morgan fingerprint density at radius 2 is 1.08 bits per heavy atom. The number of rotatable bonds is 5. The molecular formula is C46H26N4OS2. The van der Waals surface area contributed by atoms with Gasteiger partial charge in [0.2, 0.25) is 0 Å². The molecule has 11 aromatic rings. The van der Waals surface area contributed by atoms with Crippen molar-refractivity contribution in [2.45, 2.75) is 0 Å². The monoisotopic (exact) mass is 714 g/mol. The van der Waals surface area contributed by atoms with E-state index < -0.39 is 0 Å². The normalized spacial score (nSPS) is 11.8. The number of benzene rings is 7. The molecule has 4 heterocycles. The van der Waals surface area contributed by atoms with Crippen LogP contribution < -0.4 is 0 Å². The van der Waals surface area contributed by atoms with Crippen molar-refractivity contribution in [3.8, 4) is 55.9 Å². The van der Waals surface area contributed by atoms with Gasteiger partial charge in [-0.2, -0.15) is 0 Å². The summed E-state index contributed by atoms with van der Waals surface area (Å²) in [5, 5.41) is 5.52. The van der Waals surface area contributed by atoms with E-state index in [1.807, 2.05) is 60.7 Å². The van der Waals surface area contributed by atoms with E-state index in [0.29, 0.717) is 17.5 Å². The summed E-state index contributed by atoms with van der Waals surface area (Å²) >= 11 is 3.52.